The average molecular weight is 404 g/mol. The highest BCUT2D eigenvalue weighted by Gasteiger charge is 2.07. The maximum absolute atomic E-state index is 12.1. The second kappa shape index (κ2) is 11.0. The number of nitrogens with zero attached hydrogens (tertiary/aromatic N) is 1. The molecule has 0 radical (unpaired) electrons. The molecule has 0 spiro atoms. The predicted octanol–water partition coefficient (Wildman–Crippen LogP) is 5.89. The van der Waals surface area contributed by atoms with Crippen LogP contribution in [0.4, 0.5) is 11.5 Å². The number of carbonyl (C=O) groups excluding carboxylic acids is 1. The molecule has 1 heterocycles. The Hall–Kier alpha value is -3.34. The molecule has 0 fully saturated rings. The van der Waals surface area contributed by atoms with Gasteiger partial charge in [0.05, 0.1) is 12.3 Å². The number of amides is 1. The van der Waals surface area contributed by atoms with Crippen LogP contribution in [0.25, 0.3) is 11.1 Å². The van der Waals surface area contributed by atoms with Crippen molar-refractivity contribution in [2.45, 2.75) is 39.7 Å². The summed E-state index contributed by atoms with van der Waals surface area (Å²) >= 11 is 0. The minimum Gasteiger partial charge on any atom is -0.494 e. The normalized spacial score (nSPS) is 10.5. The summed E-state index contributed by atoms with van der Waals surface area (Å²) in [7, 11) is 0. The molecular weight excluding hydrogens is 374 g/mol. The van der Waals surface area contributed by atoms with Gasteiger partial charge in [-0.1, -0.05) is 49.7 Å². The number of benzene rings is 2. The van der Waals surface area contributed by atoms with Crippen LogP contribution in [0.1, 0.15) is 38.7 Å². The lowest BCUT2D eigenvalue weighted by Crippen LogP contribution is -2.13. The van der Waals surface area contributed by atoms with Gasteiger partial charge in [0, 0.05) is 19.2 Å². The minimum atomic E-state index is 0.0209. The van der Waals surface area contributed by atoms with E-state index in [1.54, 1.807) is 6.20 Å². The fraction of sp³-hybridized carbons (Fsp3) is 0.280. The summed E-state index contributed by atoms with van der Waals surface area (Å²) < 4.78 is 5.50. The van der Waals surface area contributed by atoms with Gasteiger partial charge in [0.15, 0.2) is 0 Å². The number of ether oxygens (including phenoxy) is 1. The topological polar surface area (TPSA) is 63.2 Å². The third-order valence-corrected chi connectivity index (χ3v) is 4.75. The summed E-state index contributed by atoms with van der Waals surface area (Å²) in [5.41, 5.74) is 4.16. The van der Waals surface area contributed by atoms with Crippen molar-refractivity contribution < 1.29 is 9.53 Å². The van der Waals surface area contributed by atoms with Gasteiger partial charge in [-0.15, -0.1) is 0 Å². The first kappa shape index (κ1) is 21.4. The van der Waals surface area contributed by atoms with E-state index >= 15 is 0 Å². The van der Waals surface area contributed by atoms with Crippen molar-refractivity contribution in [1.29, 1.82) is 0 Å². The molecule has 1 aromatic heterocycles. The van der Waals surface area contributed by atoms with Gasteiger partial charge < -0.3 is 15.4 Å². The van der Waals surface area contributed by atoms with Crippen molar-refractivity contribution in [2.75, 3.05) is 17.2 Å². The van der Waals surface area contributed by atoms with E-state index in [-0.39, 0.29) is 5.91 Å². The Morgan fingerprint density at radius 1 is 0.967 bits per heavy atom. The monoisotopic (exact) mass is 403 g/mol. The Labute approximate surface area is 178 Å². The van der Waals surface area contributed by atoms with Crippen molar-refractivity contribution in [3.63, 3.8) is 0 Å². The molecule has 5 heteroatoms. The summed E-state index contributed by atoms with van der Waals surface area (Å²) in [6.07, 6.45) is 4.13. The molecule has 5 nitrogen and oxygen atoms in total. The van der Waals surface area contributed by atoms with Crippen molar-refractivity contribution in [1.82, 2.24) is 4.98 Å². The van der Waals surface area contributed by atoms with Crippen LogP contribution in [-0.2, 0) is 11.3 Å². The third-order valence-electron chi connectivity index (χ3n) is 4.75. The number of hydrogen-bond acceptors (Lipinski definition) is 4. The molecule has 0 unspecified atom stereocenters. The second-order valence-corrected chi connectivity index (χ2v) is 7.06. The highest BCUT2D eigenvalue weighted by atomic mass is 16.5. The number of hydrogen-bond donors (Lipinski definition) is 2. The fourth-order valence-electron chi connectivity index (χ4n) is 3.11. The average Bonchev–Trinajstić information content (AvgIpc) is 2.78. The predicted molar refractivity (Wildman–Crippen MR) is 123 cm³/mol. The number of unbranched alkanes of at least 4 members (excludes halogenated alkanes) is 1. The van der Waals surface area contributed by atoms with Crippen LogP contribution in [0.5, 0.6) is 5.75 Å². The number of pyridine rings is 1. The molecule has 156 valence electrons. The molecule has 0 atom stereocenters. The Morgan fingerprint density at radius 2 is 1.67 bits per heavy atom. The van der Waals surface area contributed by atoms with Crippen LogP contribution in [0, 0.1) is 0 Å². The van der Waals surface area contributed by atoms with Gasteiger partial charge in [0.25, 0.3) is 0 Å². The van der Waals surface area contributed by atoms with Crippen LogP contribution in [0.2, 0.25) is 0 Å². The smallest absolute Gasteiger partial charge is 0.224 e. The molecule has 0 saturated heterocycles. The van der Waals surface area contributed by atoms with Crippen molar-refractivity contribution in [3.8, 4) is 16.9 Å². The maximum Gasteiger partial charge on any atom is 0.224 e. The zero-order valence-electron chi connectivity index (χ0n) is 17.7. The second-order valence-electron chi connectivity index (χ2n) is 7.06. The quantitative estimate of drug-likeness (QED) is 0.443. The van der Waals surface area contributed by atoms with Gasteiger partial charge in [-0.05, 0) is 54.3 Å². The fourth-order valence-corrected chi connectivity index (χ4v) is 3.11. The lowest BCUT2D eigenvalue weighted by molar-refractivity contribution is -0.116. The van der Waals surface area contributed by atoms with Crippen LogP contribution in [0.15, 0.2) is 66.9 Å². The third kappa shape index (κ3) is 6.08. The highest BCUT2D eigenvalue weighted by Crippen LogP contribution is 2.24. The molecule has 3 rings (SSSR count). The molecule has 0 bridgehead atoms. The van der Waals surface area contributed by atoms with Crippen molar-refractivity contribution in [3.05, 3.63) is 72.4 Å². The number of carbonyl (C=O) groups is 1. The molecule has 2 aromatic carbocycles. The summed E-state index contributed by atoms with van der Waals surface area (Å²) in [6.45, 7) is 5.35. The van der Waals surface area contributed by atoms with Gasteiger partial charge in [0.2, 0.25) is 5.91 Å². The first-order valence-corrected chi connectivity index (χ1v) is 10.5. The van der Waals surface area contributed by atoms with E-state index in [0.717, 1.165) is 35.3 Å². The van der Waals surface area contributed by atoms with Crippen LogP contribution < -0.4 is 15.4 Å². The Bertz CT molecular complexity index is 937. The van der Waals surface area contributed by atoms with E-state index in [4.69, 9.17) is 4.74 Å². The van der Waals surface area contributed by atoms with Gasteiger partial charge in [-0.25, -0.2) is 4.98 Å². The van der Waals surface area contributed by atoms with Gasteiger partial charge in [-0.3, -0.25) is 4.79 Å². The number of anilines is 2. The Morgan fingerprint density at radius 3 is 2.33 bits per heavy atom. The van der Waals surface area contributed by atoms with E-state index in [1.807, 2.05) is 31.2 Å². The van der Waals surface area contributed by atoms with Crippen molar-refractivity contribution in [2.24, 2.45) is 0 Å². The molecule has 3 aromatic rings. The molecule has 0 aliphatic rings. The summed E-state index contributed by atoms with van der Waals surface area (Å²) in [5, 5.41) is 6.28. The van der Waals surface area contributed by atoms with Crippen LogP contribution in [0.3, 0.4) is 0 Å². The molecular formula is C25H29N3O2. The first-order valence-electron chi connectivity index (χ1n) is 10.5. The van der Waals surface area contributed by atoms with E-state index < -0.39 is 0 Å². The summed E-state index contributed by atoms with van der Waals surface area (Å²) in [4.78, 5) is 16.4. The Balaban J connectivity index is 1.61. The summed E-state index contributed by atoms with van der Waals surface area (Å²) in [6, 6.07) is 20.2. The van der Waals surface area contributed by atoms with E-state index in [2.05, 4.69) is 58.9 Å². The molecule has 0 aliphatic heterocycles. The molecule has 30 heavy (non-hydrogen) atoms. The molecule has 1 amide bonds. The van der Waals surface area contributed by atoms with E-state index in [9.17, 15) is 4.79 Å². The first-order chi connectivity index (χ1) is 14.7. The van der Waals surface area contributed by atoms with E-state index in [1.165, 1.54) is 0 Å². The highest BCUT2D eigenvalue weighted by molar-refractivity contribution is 5.93. The Kier molecular flexibility index (Phi) is 7.84. The lowest BCUT2D eigenvalue weighted by Gasteiger charge is -2.12. The van der Waals surface area contributed by atoms with Crippen LogP contribution in [-0.4, -0.2) is 17.5 Å². The molecule has 2 N–H and O–H groups in total. The van der Waals surface area contributed by atoms with Crippen molar-refractivity contribution >= 4 is 17.4 Å². The van der Waals surface area contributed by atoms with E-state index in [0.29, 0.717) is 31.1 Å². The number of aromatic nitrogens is 1. The summed E-state index contributed by atoms with van der Waals surface area (Å²) in [5.74, 6) is 1.58. The van der Waals surface area contributed by atoms with Gasteiger partial charge >= 0.3 is 0 Å². The standard InChI is InChI=1S/C25H29N3O2/c1-3-5-8-24(29)28-23-7-6-17-26-25(23)27-18-19-9-11-20(12-10-19)21-13-15-22(16-14-21)30-4-2/h6-7,9-17H,3-5,8,18H2,1-2H3,(H,26,27)(H,28,29). The maximum atomic E-state index is 12.1. The number of rotatable bonds is 10. The van der Waals surface area contributed by atoms with Gasteiger partial charge in [-0.2, -0.15) is 0 Å². The van der Waals surface area contributed by atoms with Crippen LogP contribution >= 0.6 is 0 Å². The van der Waals surface area contributed by atoms with Gasteiger partial charge in [0.1, 0.15) is 11.6 Å². The molecule has 0 saturated carbocycles. The zero-order valence-corrected chi connectivity index (χ0v) is 17.7. The minimum absolute atomic E-state index is 0.0209. The number of nitrogens with one attached hydrogen (secondary N) is 2. The lowest BCUT2D eigenvalue weighted by atomic mass is 10.0. The largest absolute Gasteiger partial charge is 0.494 e. The zero-order chi connectivity index (χ0) is 21.2. The molecule has 0 aliphatic carbocycles. The SMILES string of the molecule is CCCCC(=O)Nc1cccnc1NCc1ccc(-c2ccc(OCC)cc2)cc1.